The van der Waals surface area contributed by atoms with Gasteiger partial charge >= 0.3 is 0 Å². The highest BCUT2D eigenvalue weighted by molar-refractivity contribution is 6.17. The minimum Gasteiger partial charge on any atom is -0.478 e. The molecular weight excluding hydrogens is 226 g/mol. The summed E-state index contributed by atoms with van der Waals surface area (Å²) in [5.74, 6) is 0.637. The molecule has 0 radical (unpaired) electrons. The molecule has 1 aromatic rings. The zero-order valence-corrected chi connectivity index (χ0v) is 10.1. The Balaban J connectivity index is 2.73. The van der Waals surface area contributed by atoms with Crippen molar-refractivity contribution in [2.45, 2.75) is 0 Å². The molecular formula is C12H14ClNO2. The maximum atomic E-state index is 11.3. The largest absolute Gasteiger partial charge is 0.478 e. The highest BCUT2D eigenvalue weighted by atomic mass is 35.5. The van der Waals surface area contributed by atoms with Crippen molar-refractivity contribution in [1.29, 1.82) is 0 Å². The van der Waals surface area contributed by atoms with Crippen LogP contribution in [-0.4, -0.2) is 31.0 Å². The normalized spacial score (nSPS) is 10.4. The standard InChI is InChI=1S/C12H14ClNO2/c1-14(2)12(15)7-6-10-4-3-5-11(8-10)16-9-13/h3-8H,9H2,1-2H3. The summed E-state index contributed by atoms with van der Waals surface area (Å²) in [6.07, 6.45) is 3.25. The van der Waals surface area contributed by atoms with Crippen molar-refractivity contribution >= 4 is 23.6 Å². The number of hydrogen-bond donors (Lipinski definition) is 0. The summed E-state index contributed by atoms with van der Waals surface area (Å²) < 4.78 is 5.14. The number of carbonyl (C=O) groups excluding carboxylic acids is 1. The zero-order chi connectivity index (χ0) is 12.0. The van der Waals surface area contributed by atoms with Crippen LogP contribution < -0.4 is 4.74 Å². The molecule has 0 fully saturated rings. The molecule has 0 aliphatic rings. The molecule has 0 unspecified atom stereocenters. The smallest absolute Gasteiger partial charge is 0.246 e. The van der Waals surface area contributed by atoms with Crippen molar-refractivity contribution < 1.29 is 9.53 Å². The van der Waals surface area contributed by atoms with Crippen molar-refractivity contribution in [2.24, 2.45) is 0 Å². The van der Waals surface area contributed by atoms with E-state index >= 15 is 0 Å². The van der Waals surface area contributed by atoms with Gasteiger partial charge in [0.05, 0.1) is 0 Å². The Hall–Kier alpha value is -1.48. The van der Waals surface area contributed by atoms with Crippen LogP contribution in [-0.2, 0) is 4.79 Å². The first-order valence-corrected chi connectivity index (χ1v) is 5.35. The van der Waals surface area contributed by atoms with Gasteiger partial charge in [0, 0.05) is 20.2 Å². The minimum absolute atomic E-state index is 0.0522. The van der Waals surface area contributed by atoms with Crippen LogP contribution in [0, 0.1) is 0 Å². The number of halogens is 1. The average Bonchev–Trinajstić information content (AvgIpc) is 2.26. The lowest BCUT2D eigenvalue weighted by Crippen LogP contribution is -2.18. The first-order chi connectivity index (χ1) is 7.63. The Kier molecular flexibility index (Phi) is 4.86. The average molecular weight is 240 g/mol. The second-order valence-electron chi connectivity index (χ2n) is 3.39. The van der Waals surface area contributed by atoms with Crippen LogP contribution in [0.4, 0.5) is 0 Å². The lowest BCUT2D eigenvalue weighted by molar-refractivity contribution is -0.123. The van der Waals surface area contributed by atoms with Gasteiger partial charge in [-0.15, -0.1) is 0 Å². The Morgan fingerprint density at radius 3 is 2.88 bits per heavy atom. The number of nitrogens with zero attached hydrogens (tertiary/aromatic N) is 1. The van der Waals surface area contributed by atoms with Crippen molar-refractivity contribution in [2.75, 3.05) is 20.2 Å². The number of carbonyl (C=O) groups is 1. The summed E-state index contributed by atoms with van der Waals surface area (Å²) in [6.45, 7) is 0. The number of hydrogen-bond acceptors (Lipinski definition) is 2. The number of ether oxygens (including phenoxy) is 1. The van der Waals surface area contributed by atoms with Gasteiger partial charge in [-0.05, 0) is 23.8 Å². The van der Waals surface area contributed by atoms with Gasteiger partial charge < -0.3 is 9.64 Å². The van der Waals surface area contributed by atoms with E-state index in [0.29, 0.717) is 5.75 Å². The molecule has 0 saturated heterocycles. The van der Waals surface area contributed by atoms with Crippen LogP contribution in [0.3, 0.4) is 0 Å². The molecule has 0 heterocycles. The fraction of sp³-hybridized carbons (Fsp3) is 0.250. The molecule has 0 bridgehead atoms. The summed E-state index contributed by atoms with van der Waals surface area (Å²) in [5.41, 5.74) is 0.901. The maximum Gasteiger partial charge on any atom is 0.246 e. The van der Waals surface area contributed by atoms with Gasteiger partial charge in [-0.25, -0.2) is 0 Å². The number of alkyl halides is 1. The van der Waals surface area contributed by atoms with Gasteiger partial charge in [0.2, 0.25) is 5.91 Å². The van der Waals surface area contributed by atoms with Gasteiger partial charge in [-0.2, -0.15) is 0 Å². The summed E-state index contributed by atoms with van der Waals surface area (Å²) in [4.78, 5) is 12.8. The van der Waals surface area contributed by atoms with Crippen molar-refractivity contribution in [3.8, 4) is 5.75 Å². The van der Waals surface area contributed by atoms with Gasteiger partial charge in [-0.1, -0.05) is 23.7 Å². The predicted molar refractivity (Wildman–Crippen MR) is 65.5 cm³/mol. The molecule has 1 amide bonds. The van der Waals surface area contributed by atoms with Gasteiger partial charge in [0.1, 0.15) is 5.75 Å². The quantitative estimate of drug-likeness (QED) is 0.596. The molecule has 0 aromatic heterocycles. The van der Waals surface area contributed by atoms with E-state index in [2.05, 4.69) is 0 Å². The molecule has 0 atom stereocenters. The summed E-state index contributed by atoms with van der Waals surface area (Å²) >= 11 is 5.46. The van der Waals surface area contributed by atoms with Crippen LogP contribution >= 0.6 is 11.6 Å². The third-order valence-corrected chi connectivity index (χ3v) is 2.05. The van der Waals surface area contributed by atoms with E-state index in [9.17, 15) is 4.79 Å². The summed E-state index contributed by atoms with van der Waals surface area (Å²) in [5, 5.41) is 0. The number of benzene rings is 1. The summed E-state index contributed by atoms with van der Waals surface area (Å²) in [7, 11) is 3.42. The second kappa shape index (κ2) is 6.18. The lowest BCUT2D eigenvalue weighted by atomic mass is 10.2. The van der Waals surface area contributed by atoms with E-state index in [1.165, 1.54) is 11.0 Å². The van der Waals surface area contributed by atoms with Crippen molar-refractivity contribution in [3.05, 3.63) is 35.9 Å². The molecule has 16 heavy (non-hydrogen) atoms. The lowest BCUT2D eigenvalue weighted by Gasteiger charge is -2.05. The van der Waals surface area contributed by atoms with Crippen molar-refractivity contribution in [1.82, 2.24) is 4.90 Å². The molecule has 86 valence electrons. The van der Waals surface area contributed by atoms with E-state index in [4.69, 9.17) is 16.3 Å². The van der Waals surface area contributed by atoms with E-state index in [1.54, 1.807) is 20.2 Å². The first kappa shape index (κ1) is 12.6. The van der Waals surface area contributed by atoms with Gasteiger partial charge in [-0.3, -0.25) is 4.79 Å². The van der Waals surface area contributed by atoms with Crippen molar-refractivity contribution in [3.63, 3.8) is 0 Å². The van der Waals surface area contributed by atoms with Gasteiger partial charge in [0.15, 0.2) is 6.07 Å². The maximum absolute atomic E-state index is 11.3. The zero-order valence-electron chi connectivity index (χ0n) is 9.31. The molecule has 0 N–H and O–H groups in total. The molecule has 4 heteroatoms. The third-order valence-electron chi connectivity index (χ3n) is 1.94. The SMILES string of the molecule is CN(C)C(=O)C=Cc1cccc(OCCl)c1. The molecule has 1 rings (SSSR count). The van der Waals surface area contributed by atoms with Crippen LogP contribution in [0.5, 0.6) is 5.75 Å². The van der Waals surface area contributed by atoms with E-state index in [1.807, 2.05) is 24.3 Å². The molecule has 0 aliphatic heterocycles. The van der Waals surface area contributed by atoms with Crippen LogP contribution in [0.15, 0.2) is 30.3 Å². The number of likely N-dealkylation sites (N-methyl/N-ethyl adjacent to an activating group) is 1. The van der Waals surface area contributed by atoms with E-state index < -0.39 is 0 Å². The Morgan fingerprint density at radius 1 is 1.50 bits per heavy atom. The van der Waals surface area contributed by atoms with Crippen LogP contribution in [0.2, 0.25) is 0 Å². The fourth-order valence-electron chi connectivity index (χ4n) is 1.09. The van der Waals surface area contributed by atoms with E-state index in [-0.39, 0.29) is 12.0 Å². The predicted octanol–water partition coefficient (Wildman–Crippen LogP) is 2.36. The van der Waals surface area contributed by atoms with Crippen LogP contribution in [0.25, 0.3) is 6.08 Å². The molecule has 1 aromatic carbocycles. The Labute approximate surface area is 100 Å². The molecule has 0 saturated carbocycles. The molecule has 3 nitrogen and oxygen atoms in total. The number of amides is 1. The Bertz CT molecular complexity index is 388. The highest BCUT2D eigenvalue weighted by Gasteiger charge is 1.97. The monoisotopic (exact) mass is 239 g/mol. The molecule has 0 spiro atoms. The van der Waals surface area contributed by atoms with Crippen LogP contribution in [0.1, 0.15) is 5.56 Å². The fourth-order valence-corrected chi connectivity index (χ4v) is 1.21. The summed E-state index contributed by atoms with van der Waals surface area (Å²) in [6, 6.07) is 7.49. The highest BCUT2D eigenvalue weighted by Crippen LogP contribution is 2.14. The Morgan fingerprint density at radius 2 is 2.25 bits per heavy atom. The number of rotatable bonds is 4. The third kappa shape index (κ3) is 3.95. The first-order valence-electron chi connectivity index (χ1n) is 4.81. The second-order valence-corrected chi connectivity index (χ2v) is 3.61. The molecule has 0 aliphatic carbocycles. The van der Waals surface area contributed by atoms with E-state index in [0.717, 1.165) is 5.56 Å². The topological polar surface area (TPSA) is 29.5 Å². The van der Waals surface area contributed by atoms with Gasteiger partial charge in [0.25, 0.3) is 0 Å². The minimum atomic E-state index is -0.0522.